The minimum Gasteiger partial charge on any atom is -0.296 e. The van der Waals surface area contributed by atoms with Crippen LogP contribution in [-0.2, 0) is 16.4 Å². The third kappa shape index (κ3) is 2.83. The van der Waals surface area contributed by atoms with E-state index in [2.05, 4.69) is 33.9 Å². The Morgan fingerprint density at radius 1 is 1.26 bits per heavy atom. The van der Waals surface area contributed by atoms with Gasteiger partial charge in [0.2, 0.25) is 10.0 Å². The van der Waals surface area contributed by atoms with E-state index >= 15 is 0 Å². The highest BCUT2D eigenvalue weighted by atomic mass is 32.2. The summed E-state index contributed by atoms with van der Waals surface area (Å²) in [5.41, 5.74) is 2.80. The van der Waals surface area contributed by atoms with Gasteiger partial charge in [0.1, 0.15) is 0 Å². The van der Waals surface area contributed by atoms with Crippen LogP contribution in [0, 0.1) is 0 Å². The van der Waals surface area contributed by atoms with Gasteiger partial charge < -0.3 is 0 Å². The van der Waals surface area contributed by atoms with Crippen molar-refractivity contribution in [3.05, 3.63) is 35.4 Å². The van der Waals surface area contributed by atoms with Crippen molar-refractivity contribution in [1.29, 1.82) is 0 Å². The zero-order valence-electron chi connectivity index (χ0n) is 11.2. The molecule has 1 aromatic carbocycles. The first kappa shape index (κ1) is 13.1. The minimum absolute atomic E-state index is 0.0717. The molecule has 1 saturated heterocycles. The fraction of sp³-hybridized carbons (Fsp3) is 0.571. The van der Waals surface area contributed by atoms with Gasteiger partial charge in [-0.1, -0.05) is 24.3 Å². The van der Waals surface area contributed by atoms with Crippen LogP contribution in [0.2, 0.25) is 0 Å². The molecule has 2 atom stereocenters. The average Bonchev–Trinajstić information content (AvgIpc) is 2.37. The number of benzene rings is 1. The van der Waals surface area contributed by atoms with Crippen LogP contribution >= 0.6 is 0 Å². The number of rotatable bonds is 2. The van der Waals surface area contributed by atoms with E-state index < -0.39 is 10.0 Å². The van der Waals surface area contributed by atoms with Crippen LogP contribution in [0.1, 0.15) is 30.0 Å². The van der Waals surface area contributed by atoms with Gasteiger partial charge in [-0.15, -0.1) is 0 Å². The van der Waals surface area contributed by atoms with Gasteiger partial charge in [-0.25, -0.2) is 13.1 Å². The first-order valence-electron chi connectivity index (χ1n) is 6.82. The predicted molar refractivity (Wildman–Crippen MR) is 75.5 cm³/mol. The van der Waals surface area contributed by atoms with Crippen LogP contribution in [0.3, 0.4) is 0 Å². The molecule has 1 fully saturated rings. The second kappa shape index (κ2) is 4.89. The Bertz CT molecular complexity index is 571. The molecule has 2 heterocycles. The van der Waals surface area contributed by atoms with Crippen LogP contribution in [0.5, 0.6) is 0 Å². The fourth-order valence-electron chi connectivity index (χ4n) is 3.37. The molecule has 1 N–H and O–H groups in total. The quantitative estimate of drug-likeness (QED) is 0.888. The lowest BCUT2D eigenvalue weighted by Gasteiger charge is -2.43. The van der Waals surface area contributed by atoms with E-state index in [1.54, 1.807) is 0 Å². The molecule has 0 unspecified atom stereocenters. The summed E-state index contributed by atoms with van der Waals surface area (Å²) in [6.45, 7) is 2.07. The maximum Gasteiger partial charge on any atom is 0.208 e. The molecular weight excluding hydrogens is 260 g/mol. The van der Waals surface area contributed by atoms with E-state index in [1.165, 1.54) is 17.4 Å². The van der Waals surface area contributed by atoms with Crippen molar-refractivity contribution < 1.29 is 8.42 Å². The topological polar surface area (TPSA) is 49.4 Å². The molecule has 4 nitrogen and oxygen atoms in total. The highest BCUT2D eigenvalue weighted by Crippen LogP contribution is 2.36. The van der Waals surface area contributed by atoms with E-state index in [9.17, 15) is 8.42 Å². The van der Waals surface area contributed by atoms with Gasteiger partial charge in [0.25, 0.3) is 0 Å². The monoisotopic (exact) mass is 280 g/mol. The number of sulfonamides is 1. The van der Waals surface area contributed by atoms with Gasteiger partial charge in [0.05, 0.1) is 6.26 Å². The number of nitrogens with zero attached hydrogens (tertiary/aromatic N) is 1. The van der Waals surface area contributed by atoms with Gasteiger partial charge in [-0.3, -0.25) is 4.90 Å². The van der Waals surface area contributed by atoms with Crippen molar-refractivity contribution in [3.8, 4) is 0 Å². The van der Waals surface area contributed by atoms with Gasteiger partial charge in [-0.05, 0) is 30.4 Å². The van der Waals surface area contributed by atoms with Gasteiger partial charge in [0, 0.05) is 25.2 Å². The average molecular weight is 280 g/mol. The Kier molecular flexibility index (Phi) is 3.37. The predicted octanol–water partition coefficient (Wildman–Crippen LogP) is 1.30. The first-order chi connectivity index (χ1) is 9.03. The Labute approximate surface area is 114 Å². The Morgan fingerprint density at radius 3 is 2.84 bits per heavy atom. The summed E-state index contributed by atoms with van der Waals surface area (Å²) in [7, 11) is -3.11. The van der Waals surface area contributed by atoms with Crippen LogP contribution in [0.25, 0.3) is 0 Å². The molecule has 0 amide bonds. The van der Waals surface area contributed by atoms with Crippen molar-refractivity contribution in [2.24, 2.45) is 0 Å². The molecular formula is C14H20N2O2S. The smallest absolute Gasteiger partial charge is 0.208 e. The van der Waals surface area contributed by atoms with Gasteiger partial charge >= 0.3 is 0 Å². The number of piperidine rings is 1. The Morgan fingerprint density at radius 2 is 2.05 bits per heavy atom. The van der Waals surface area contributed by atoms with Gasteiger partial charge in [-0.2, -0.15) is 0 Å². The molecule has 0 radical (unpaired) electrons. The molecule has 104 valence electrons. The highest BCUT2D eigenvalue weighted by molar-refractivity contribution is 7.88. The summed E-state index contributed by atoms with van der Waals surface area (Å²) in [6, 6.07) is 9.00. The lowest BCUT2D eigenvalue weighted by atomic mass is 9.85. The molecule has 0 aromatic heterocycles. The summed E-state index contributed by atoms with van der Waals surface area (Å²) < 4.78 is 25.5. The lowest BCUT2D eigenvalue weighted by Crippen LogP contribution is -2.48. The minimum atomic E-state index is -3.11. The summed E-state index contributed by atoms with van der Waals surface area (Å²) in [6.07, 6.45) is 4.14. The van der Waals surface area contributed by atoms with E-state index in [0.717, 1.165) is 32.4 Å². The molecule has 2 aliphatic heterocycles. The van der Waals surface area contributed by atoms with Crippen LogP contribution < -0.4 is 4.72 Å². The molecule has 0 aliphatic carbocycles. The maximum absolute atomic E-state index is 11.4. The van der Waals surface area contributed by atoms with Crippen LogP contribution in [0.15, 0.2) is 24.3 Å². The Hall–Kier alpha value is -0.910. The summed E-state index contributed by atoms with van der Waals surface area (Å²) in [5.74, 6) is 0. The number of fused-ring (bicyclic) bond motifs is 3. The largest absolute Gasteiger partial charge is 0.296 e. The van der Waals surface area contributed by atoms with Crippen LogP contribution in [-0.4, -0.2) is 38.7 Å². The SMILES string of the molecule is CS(=O)(=O)N[C@H]1CCN2CCc3ccccc3[C@@H]2C1. The molecule has 0 saturated carbocycles. The maximum atomic E-state index is 11.4. The molecule has 1 aromatic rings. The molecule has 5 heteroatoms. The van der Waals surface area contributed by atoms with Crippen molar-refractivity contribution in [2.75, 3.05) is 19.3 Å². The number of hydrogen-bond donors (Lipinski definition) is 1. The molecule has 3 rings (SSSR count). The van der Waals surface area contributed by atoms with Crippen LogP contribution in [0.4, 0.5) is 0 Å². The normalized spacial score (nSPS) is 27.6. The summed E-state index contributed by atoms with van der Waals surface area (Å²) >= 11 is 0. The van der Waals surface area contributed by atoms with E-state index in [-0.39, 0.29) is 6.04 Å². The van der Waals surface area contributed by atoms with Gasteiger partial charge in [0.15, 0.2) is 0 Å². The number of hydrogen-bond acceptors (Lipinski definition) is 3. The Balaban J connectivity index is 1.82. The third-order valence-electron chi connectivity index (χ3n) is 4.18. The van der Waals surface area contributed by atoms with E-state index in [1.807, 2.05) is 0 Å². The standard InChI is InChI=1S/C14H20N2O2S/c1-19(17,18)15-12-7-9-16-8-6-11-4-2-3-5-13(11)14(16)10-12/h2-5,12,14-15H,6-10H2,1H3/t12-,14-/m0/s1. The molecule has 2 aliphatic rings. The number of nitrogens with one attached hydrogen (secondary N) is 1. The summed E-state index contributed by atoms with van der Waals surface area (Å²) in [5, 5.41) is 0. The highest BCUT2D eigenvalue weighted by Gasteiger charge is 2.33. The molecule has 19 heavy (non-hydrogen) atoms. The van der Waals surface area contributed by atoms with Crippen molar-refractivity contribution >= 4 is 10.0 Å². The van der Waals surface area contributed by atoms with Crippen molar-refractivity contribution in [2.45, 2.75) is 31.3 Å². The summed E-state index contributed by atoms with van der Waals surface area (Å²) in [4.78, 5) is 2.49. The second-order valence-corrected chi connectivity index (χ2v) is 7.39. The third-order valence-corrected chi connectivity index (χ3v) is 4.94. The fourth-order valence-corrected chi connectivity index (χ4v) is 4.19. The zero-order valence-corrected chi connectivity index (χ0v) is 12.0. The molecule has 0 spiro atoms. The van der Waals surface area contributed by atoms with E-state index in [4.69, 9.17) is 0 Å². The molecule has 0 bridgehead atoms. The van der Waals surface area contributed by atoms with Crippen molar-refractivity contribution in [3.63, 3.8) is 0 Å². The van der Waals surface area contributed by atoms with E-state index in [0.29, 0.717) is 6.04 Å². The second-order valence-electron chi connectivity index (χ2n) is 5.61. The lowest BCUT2D eigenvalue weighted by molar-refractivity contribution is 0.122. The van der Waals surface area contributed by atoms with Crippen molar-refractivity contribution in [1.82, 2.24) is 9.62 Å². The zero-order chi connectivity index (χ0) is 13.5. The first-order valence-corrected chi connectivity index (χ1v) is 8.71.